The lowest BCUT2D eigenvalue weighted by Crippen LogP contribution is -2.42. The van der Waals surface area contributed by atoms with Crippen LogP contribution in [0.3, 0.4) is 0 Å². The van der Waals surface area contributed by atoms with Crippen LogP contribution < -0.4 is 0 Å². The molecule has 15 heteroatoms. The Hall–Kier alpha value is -2.39. The van der Waals surface area contributed by atoms with E-state index in [1.165, 1.54) is 37.9 Å². The van der Waals surface area contributed by atoms with E-state index in [1.54, 1.807) is 0 Å². The highest BCUT2D eigenvalue weighted by molar-refractivity contribution is 5.73. The van der Waals surface area contributed by atoms with Crippen molar-refractivity contribution in [2.24, 2.45) is 7.05 Å². The number of aromatic nitrogens is 2. The molecule has 3 atom stereocenters. The average molecular weight is 504 g/mol. The van der Waals surface area contributed by atoms with Crippen LogP contribution in [0.5, 0.6) is 0 Å². The fourth-order valence-electron chi connectivity index (χ4n) is 4.33. The van der Waals surface area contributed by atoms with Crippen molar-refractivity contribution < 1.29 is 50.9 Å². The maximum Gasteiger partial charge on any atom is 0.490 e. The van der Waals surface area contributed by atoms with E-state index in [4.69, 9.17) is 24.5 Å². The first-order valence-corrected chi connectivity index (χ1v) is 10.4. The number of hydrogen-bond acceptors (Lipinski definition) is 6. The second kappa shape index (κ2) is 11.4. The normalized spacial score (nSPS) is 25.2. The van der Waals surface area contributed by atoms with Gasteiger partial charge >= 0.3 is 24.3 Å². The van der Waals surface area contributed by atoms with Crippen molar-refractivity contribution in [3.8, 4) is 0 Å². The van der Waals surface area contributed by atoms with Gasteiger partial charge in [0.25, 0.3) is 0 Å². The van der Waals surface area contributed by atoms with Crippen LogP contribution in [-0.2, 0) is 27.9 Å². The summed E-state index contributed by atoms with van der Waals surface area (Å²) in [6.45, 7) is 5.45. The van der Waals surface area contributed by atoms with Gasteiger partial charge in [0.05, 0.1) is 12.8 Å². The number of alkyl halides is 6. The minimum absolute atomic E-state index is 0.684. The zero-order valence-electron chi connectivity index (χ0n) is 18.2. The molecule has 3 fully saturated rings. The van der Waals surface area contributed by atoms with Gasteiger partial charge in [0.1, 0.15) is 0 Å². The summed E-state index contributed by atoms with van der Waals surface area (Å²) < 4.78 is 71.0. The Kier molecular flexibility index (Phi) is 9.30. The van der Waals surface area contributed by atoms with E-state index in [2.05, 4.69) is 21.1 Å². The number of carboxylic acid groups (broad SMARTS) is 2. The smallest absolute Gasteiger partial charge is 0.475 e. The van der Waals surface area contributed by atoms with Crippen LogP contribution in [0.15, 0.2) is 12.4 Å². The van der Waals surface area contributed by atoms with Gasteiger partial charge in [-0.2, -0.15) is 31.4 Å². The van der Waals surface area contributed by atoms with Crippen molar-refractivity contribution in [1.29, 1.82) is 0 Å². The lowest BCUT2D eigenvalue weighted by Gasteiger charge is -2.29. The molecule has 1 unspecified atom stereocenters. The molecular weight excluding hydrogens is 478 g/mol. The predicted octanol–water partition coefficient (Wildman–Crippen LogP) is 2.12. The molecule has 9 nitrogen and oxygen atoms in total. The van der Waals surface area contributed by atoms with Gasteiger partial charge in [-0.1, -0.05) is 0 Å². The highest BCUT2D eigenvalue weighted by Crippen LogP contribution is 2.35. The maximum absolute atomic E-state index is 10.6. The molecule has 3 saturated heterocycles. The molecule has 0 radical (unpaired) electrons. The molecule has 4 rings (SSSR count). The number of nitrogens with zero attached hydrogens (tertiary/aromatic N) is 4. The Morgan fingerprint density at radius 2 is 1.59 bits per heavy atom. The van der Waals surface area contributed by atoms with Crippen molar-refractivity contribution in [2.75, 3.05) is 26.3 Å². The van der Waals surface area contributed by atoms with Gasteiger partial charge < -0.3 is 14.9 Å². The van der Waals surface area contributed by atoms with E-state index in [-0.39, 0.29) is 0 Å². The molecule has 0 aliphatic carbocycles. The molecule has 0 aromatic carbocycles. The number of rotatable bonds is 3. The average Bonchev–Trinajstić information content (AvgIpc) is 3.48. The molecular formula is C19H26F6N4O5. The molecule has 3 aliphatic rings. The second-order valence-electron chi connectivity index (χ2n) is 8.07. The molecule has 0 saturated carbocycles. The Morgan fingerprint density at radius 1 is 1.03 bits per heavy atom. The molecule has 0 spiro atoms. The van der Waals surface area contributed by atoms with E-state index >= 15 is 0 Å². The van der Waals surface area contributed by atoms with E-state index in [9.17, 15) is 26.3 Å². The molecule has 194 valence electrons. The number of aryl methyl sites for hydroxylation is 1. The van der Waals surface area contributed by atoms with Crippen LogP contribution >= 0.6 is 0 Å². The van der Waals surface area contributed by atoms with Crippen LogP contribution in [0.2, 0.25) is 0 Å². The van der Waals surface area contributed by atoms with Gasteiger partial charge in [-0.3, -0.25) is 14.5 Å². The Bertz CT molecular complexity index is 801. The summed E-state index contributed by atoms with van der Waals surface area (Å²) in [6.07, 6.45) is -2.15. The summed E-state index contributed by atoms with van der Waals surface area (Å²) in [5.74, 6) is -5.51. The van der Waals surface area contributed by atoms with Gasteiger partial charge in [-0.05, 0) is 19.3 Å². The van der Waals surface area contributed by atoms with Gasteiger partial charge in [-0.25, -0.2) is 9.59 Å². The fourth-order valence-corrected chi connectivity index (χ4v) is 4.33. The lowest BCUT2D eigenvalue weighted by molar-refractivity contribution is -0.193. The summed E-state index contributed by atoms with van der Waals surface area (Å²) in [5.41, 5.74) is 1.34. The fraction of sp³-hybridized carbons (Fsp3) is 0.737. The van der Waals surface area contributed by atoms with E-state index in [0.717, 1.165) is 31.8 Å². The Morgan fingerprint density at radius 3 is 2.03 bits per heavy atom. The maximum atomic E-state index is 10.6. The summed E-state index contributed by atoms with van der Waals surface area (Å²) >= 11 is 0. The first kappa shape index (κ1) is 27.9. The molecule has 4 heterocycles. The predicted molar refractivity (Wildman–Crippen MR) is 104 cm³/mol. The minimum Gasteiger partial charge on any atom is -0.475 e. The zero-order valence-corrected chi connectivity index (χ0v) is 18.2. The summed E-state index contributed by atoms with van der Waals surface area (Å²) in [7, 11) is 1.99. The molecule has 34 heavy (non-hydrogen) atoms. The second-order valence-corrected chi connectivity index (χ2v) is 8.07. The van der Waals surface area contributed by atoms with Crippen molar-refractivity contribution in [3.05, 3.63) is 18.0 Å². The topological polar surface area (TPSA) is 108 Å². The number of carboxylic acids is 2. The number of ether oxygens (including phenoxy) is 1. The number of halogens is 6. The Balaban J connectivity index is 0.000000244. The zero-order chi connectivity index (χ0) is 25.7. The molecule has 3 aliphatic heterocycles. The molecule has 2 N–H and O–H groups in total. The molecule has 0 bridgehead atoms. The van der Waals surface area contributed by atoms with Crippen LogP contribution in [0, 0.1) is 0 Å². The SMILES string of the molecule is Cn1cc(CN2CC[C@@H]3[C@@H]2CCN3C2CCOC2)cn1.O=C(O)C(F)(F)F.O=C(O)C(F)(F)F. The van der Waals surface area contributed by atoms with Gasteiger partial charge in [-0.15, -0.1) is 0 Å². The van der Waals surface area contributed by atoms with Crippen LogP contribution in [-0.4, -0.2) is 98.5 Å². The monoisotopic (exact) mass is 504 g/mol. The number of likely N-dealkylation sites (tertiary alicyclic amines) is 2. The van der Waals surface area contributed by atoms with Crippen molar-refractivity contribution in [2.45, 2.75) is 56.3 Å². The van der Waals surface area contributed by atoms with Crippen molar-refractivity contribution >= 4 is 11.9 Å². The first-order valence-electron chi connectivity index (χ1n) is 10.4. The lowest BCUT2D eigenvalue weighted by atomic mass is 10.1. The third-order valence-electron chi connectivity index (χ3n) is 5.74. The van der Waals surface area contributed by atoms with Gasteiger partial charge in [0.2, 0.25) is 0 Å². The summed E-state index contributed by atoms with van der Waals surface area (Å²) in [4.78, 5) is 23.2. The first-order chi connectivity index (χ1) is 15.7. The minimum atomic E-state index is -5.08. The largest absolute Gasteiger partial charge is 0.490 e. The van der Waals surface area contributed by atoms with Gasteiger partial charge in [0, 0.05) is 63.2 Å². The number of carbonyl (C=O) groups is 2. The van der Waals surface area contributed by atoms with Crippen LogP contribution in [0.25, 0.3) is 0 Å². The van der Waals surface area contributed by atoms with E-state index in [0.29, 0.717) is 6.04 Å². The van der Waals surface area contributed by atoms with Crippen molar-refractivity contribution in [1.82, 2.24) is 19.6 Å². The van der Waals surface area contributed by atoms with E-state index < -0.39 is 24.3 Å². The van der Waals surface area contributed by atoms with Crippen molar-refractivity contribution in [3.63, 3.8) is 0 Å². The molecule has 0 amide bonds. The number of fused-ring (bicyclic) bond motifs is 1. The number of aliphatic carboxylic acids is 2. The highest BCUT2D eigenvalue weighted by atomic mass is 19.4. The Labute approximate surface area is 190 Å². The third kappa shape index (κ3) is 7.84. The third-order valence-corrected chi connectivity index (χ3v) is 5.74. The van der Waals surface area contributed by atoms with Crippen LogP contribution in [0.1, 0.15) is 24.8 Å². The van der Waals surface area contributed by atoms with Gasteiger partial charge in [0.15, 0.2) is 0 Å². The van der Waals surface area contributed by atoms with Crippen LogP contribution in [0.4, 0.5) is 26.3 Å². The standard InChI is InChI=1S/C15H24N4O.2C2HF3O2/c1-17-9-12(8-16-17)10-18-5-2-15-14(18)3-6-19(15)13-4-7-20-11-13;2*3-2(4,5)1(6)7/h8-9,13-15H,2-7,10-11H2,1H3;2*(H,6,7)/t13?,14-,15+;;/m0../s1. The molecule has 1 aromatic heterocycles. The molecule has 1 aromatic rings. The van der Waals surface area contributed by atoms with E-state index in [1.807, 2.05) is 17.9 Å². The quantitative estimate of drug-likeness (QED) is 0.603. The highest BCUT2D eigenvalue weighted by Gasteiger charge is 2.45. The number of hydrogen-bond donors (Lipinski definition) is 2. The summed E-state index contributed by atoms with van der Waals surface area (Å²) in [5, 5.41) is 18.5. The summed E-state index contributed by atoms with van der Waals surface area (Å²) in [6, 6.07) is 2.19.